The molecule has 0 bridgehead atoms. The summed E-state index contributed by atoms with van der Waals surface area (Å²) in [7, 11) is 0. The Hall–Kier alpha value is -0.780. The molecule has 4 unspecified atom stereocenters. The van der Waals surface area contributed by atoms with Crippen LogP contribution < -0.4 is 0 Å². The second kappa shape index (κ2) is 7.86. The third-order valence-corrected chi connectivity index (χ3v) is 6.77. The van der Waals surface area contributed by atoms with E-state index < -0.39 is 0 Å². The van der Waals surface area contributed by atoms with Gasteiger partial charge in [-0.15, -0.1) is 0 Å². The summed E-state index contributed by atoms with van der Waals surface area (Å²) in [4.78, 5) is 0. The molecule has 0 N–H and O–H groups in total. The number of hydrogen-bond donors (Lipinski definition) is 0. The molecule has 0 aromatic heterocycles. The van der Waals surface area contributed by atoms with Crippen LogP contribution in [0.1, 0.15) is 80.1 Å². The van der Waals surface area contributed by atoms with Crippen LogP contribution in [-0.2, 0) is 0 Å². The molecule has 4 atom stereocenters. The lowest BCUT2D eigenvalue weighted by atomic mass is 9.76. The highest BCUT2D eigenvalue weighted by atomic mass is 14.4. The van der Waals surface area contributed by atoms with Crippen LogP contribution in [0.4, 0.5) is 0 Å². The van der Waals surface area contributed by atoms with E-state index in [0.29, 0.717) is 17.8 Å². The van der Waals surface area contributed by atoms with Gasteiger partial charge >= 0.3 is 0 Å². The molecule has 2 rings (SSSR count). The van der Waals surface area contributed by atoms with Crippen molar-refractivity contribution in [3.05, 3.63) is 34.9 Å². The second-order valence-corrected chi connectivity index (χ2v) is 8.32. The van der Waals surface area contributed by atoms with Crippen molar-refractivity contribution in [2.24, 2.45) is 29.6 Å². The van der Waals surface area contributed by atoms with Crippen LogP contribution in [0, 0.1) is 29.6 Å². The van der Waals surface area contributed by atoms with Crippen LogP contribution in [-0.4, -0.2) is 0 Å². The Balaban J connectivity index is 2.41. The highest BCUT2D eigenvalue weighted by molar-refractivity contribution is 5.40. The van der Waals surface area contributed by atoms with Gasteiger partial charge in [-0.25, -0.2) is 0 Å². The van der Waals surface area contributed by atoms with Gasteiger partial charge in [0.15, 0.2) is 0 Å². The quantitative estimate of drug-likeness (QED) is 0.468. The third-order valence-electron chi connectivity index (χ3n) is 6.77. The van der Waals surface area contributed by atoms with Gasteiger partial charge in [-0.3, -0.25) is 0 Å². The zero-order chi connectivity index (χ0) is 17.1. The van der Waals surface area contributed by atoms with E-state index in [9.17, 15) is 0 Å². The van der Waals surface area contributed by atoms with Gasteiger partial charge in [0.05, 0.1) is 0 Å². The normalized spacial score (nSPS) is 36.3. The highest BCUT2D eigenvalue weighted by Gasteiger charge is 2.34. The first-order valence-electron chi connectivity index (χ1n) is 9.97. The molecule has 130 valence electrons. The topological polar surface area (TPSA) is 0 Å². The maximum atomic E-state index is 4.61. The van der Waals surface area contributed by atoms with Gasteiger partial charge in [0, 0.05) is 0 Å². The van der Waals surface area contributed by atoms with Crippen LogP contribution in [0.3, 0.4) is 0 Å². The van der Waals surface area contributed by atoms with Crippen molar-refractivity contribution in [3.63, 3.8) is 0 Å². The van der Waals surface area contributed by atoms with Gasteiger partial charge < -0.3 is 0 Å². The van der Waals surface area contributed by atoms with Crippen molar-refractivity contribution in [2.75, 3.05) is 0 Å². The minimum atomic E-state index is 0.568. The Kier molecular flexibility index (Phi) is 6.34. The van der Waals surface area contributed by atoms with Crippen molar-refractivity contribution in [3.8, 4) is 0 Å². The zero-order valence-electron chi connectivity index (χ0n) is 16.4. The summed E-state index contributed by atoms with van der Waals surface area (Å²) >= 11 is 0. The number of rotatable bonds is 2. The molecule has 0 aromatic carbocycles. The first kappa shape index (κ1) is 18.6. The van der Waals surface area contributed by atoms with E-state index in [4.69, 9.17) is 0 Å². The fraction of sp³-hybridized carbons (Fsp3) is 0.739. The molecule has 0 aliphatic heterocycles. The molecule has 0 radical (unpaired) electrons. The smallest absolute Gasteiger partial charge is 0.0130 e. The van der Waals surface area contributed by atoms with E-state index in [2.05, 4.69) is 54.2 Å². The molecule has 0 amide bonds. The molecule has 2 aliphatic carbocycles. The molecule has 0 spiro atoms. The monoisotopic (exact) mass is 314 g/mol. The Bertz CT molecular complexity index is 486. The summed E-state index contributed by atoms with van der Waals surface area (Å²) in [5.41, 5.74) is 6.42. The first-order chi connectivity index (χ1) is 10.9. The molecular formula is C23H38. The van der Waals surface area contributed by atoms with E-state index in [1.165, 1.54) is 37.7 Å². The summed E-state index contributed by atoms with van der Waals surface area (Å²) in [5, 5.41) is 0. The molecule has 1 fully saturated rings. The highest BCUT2D eigenvalue weighted by Crippen LogP contribution is 2.47. The molecule has 0 heterocycles. The van der Waals surface area contributed by atoms with E-state index >= 15 is 0 Å². The van der Waals surface area contributed by atoms with Crippen molar-refractivity contribution < 1.29 is 0 Å². The maximum Gasteiger partial charge on any atom is -0.0130 e. The lowest BCUT2D eigenvalue weighted by Crippen LogP contribution is -2.17. The second-order valence-electron chi connectivity index (χ2n) is 8.32. The van der Waals surface area contributed by atoms with Crippen molar-refractivity contribution >= 4 is 0 Å². The molecule has 0 saturated heterocycles. The summed E-state index contributed by atoms with van der Waals surface area (Å²) in [6.07, 6.45) is 10.4. The molecule has 2 aliphatic rings. The van der Waals surface area contributed by atoms with E-state index in [1.807, 2.05) is 0 Å². The fourth-order valence-corrected chi connectivity index (χ4v) is 4.41. The Morgan fingerprint density at radius 2 is 1.65 bits per heavy atom. The molecule has 0 aromatic rings. The standard InChI is InChI=1S/C23H38/c1-8-10-21-12-9-11-15(2)16(3)19(6)23(22-13-14-22)20(7)17(4)18(21)5/h10,15-18,22H,7-9,11-14H2,1-6H3. The Morgan fingerprint density at radius 1 is 1.00 bits per heavy atom. The van der Waals surface area contributed by atoms with Crippen molar-refractivity contribution in [2.45, 2.75) is 80.1 Å². The molecule has 23 heavy (non-hydrogen) atoms. The summed E-state index contributed by atoms with van der Waals surface area (Å²) in [6, 6.07) is 0. The van der Waals surface area contributed by atoms with Crippen molar-refractivity contribution in [1.82, 2.24) is 0 Å². The summed E-state index contributed by atoms with van der Waals surface area (Å²) in [5.74, 6) is 3.49. The van der Waals surface area contributed by atoms with Gasteiger partial charge in [0.1, 0.15) is 0 Å². The number of allylic oxidation sites excluding steroid dienone is 5. The van der Waals surface area contributed by atoms with Gasteiger partial charge in [0.25, 0.3) is 0 Å². The van der Waals surface area contributed by atoms with Crippen LogP contribution in [0.2, 0.25) is 0 Å². The summed E-state index contributed by atoms with van der Waals surface area (Å²) in [6.45, 7) is 19.0. The van der Waals surface area contributed by atoms with Gasteiger partial charge in [-0.05, 0) is 86.2 Å². The van der Waals surface area contributed by atoms with Crippen LogP contribution in [0.25, 0.3) is 0 Å². The average molecular weight is 315 g/mol. The SMILES string of the molecule is C=C1C(C2CC2)=C(C)C(C)C(C)CCCC(=CCC)C(C)C1C. The van der Waals surface area contributed by atoms with Crippen LogP contribution >= 0.6 is 0 Å². The zero-order valence-corrected chi connectivity index (χ0v) is 16.4. The average Bonchev–Trinajstić information content (AvgIpc) is 3.35. The fourth-order valence-electron chi connectivity index (χ4n) is 4.41. The van der Waals surface area contributed by atoms with E-state index in [0.717, 1.165) is 18.3 Å². The predicted molar refractivity (Wildman–Crippen MR) is 103 cm³/mol. The largest absolute Gasteiger partial charge is 0.0953 e. The predicted octanol–water partition coefficient (Wildman–Crippen LogP) is 7.33. The Morgan fingerprint density at radius 3 is 2.22 bits per heavy atom. The Labute approximate surface area is 145 Å². The van der Waals surface area contributed by atoms with E-state index in [-0.39, 0.29) is 0 Å². The summed E-state index contributed by atoms with van der Waals surface area (Å²) < 4.78 is 0. The lowest BCUT2D eigenvalue weighted by Gasteiger charge is -2.29. The first-order valence-corrected chi connectivity index (χ1v) is 9.97. The van der Waals surface area contributed by atoms with E-state index in [1.54, 1.807) is 16.7 Å². The minimum Gasteiger partial charge on any atom is -0.0953 e. The van der Waals surface area contributed by atoms with Crippen molar-refractivity contribution in [1.29, 1.82) is 0 Å². The maximum absolute atomic E-state index is 4.61. The van der Waals surface area contributed by atoms with Gasteiger partial charge in [0.2, 0.25) is 0 Å². The third kappa shape index (κ3) is 4.20. The van der Waals surface area contributed by atoms with Crippen LogP contribution in [0.15, 0.2) is 34.9 Å². The van der Waals surface area contributed by atoms with Gasteiger partial charge in [-0.1, -0.05) is 58.4 Å². The molecule has 1 saturated carbocycles. The van der Waals surface area contributed by atoms with Crippen LogP contribution in [0.5, 0.6) is 0 Å². The lowest BCUT2D eigenvalue weighted by molar-refractivity contribution is 0.395. The molecule has 0 nitrogen and oxygen atoms in total. The van der Waals surface area contributed by atoms with Gasteiger partial charge in [-0.2, -0.15) is 0 Å². The minimum absolute atomic E-state index is 0.568. The molecular weight excluding hydrogens is 276 g/mol. The molecule has 0 heteroatoms. The number of hydrogen-bond acceptors (Lipinski definition) is 0.